The molecule has 162 valence electrons. The Morgan fingerprint density at radius 3 is 2.24 bits per heavy atom. The van der Waals surface area contributed by atoms with Crippen LogP contribution in [0, 0.1) is 12.8 Å². The molecule has 1 fully saturated rings. The first-order chi connectivity index (χ1) is 13.7. The van der Waals surface area contributed by atoms with Crippen LogP contribution >= 0.6 is 0 Å². The van der Waals surface area contributed by atoms with Crippen LogP contribution in [0.2, 0.25) is 0 Å². The van der Waals surface area contributed by atoms with E-state index in [4.69, 9.17) is 4.74 Å². The van der Waals surface area contributed by atoms with E-state index in [1.165, 1.54) is 11.4 Å². The summed E-state index contributed by atoms with van der Waals surface area (Å²) in [5, 5.41) is 2.75. The molecule has 0 aromatic heterocycles. The van der Waals surface area contributed by atoms with Gasteiger partial charge in [-0.2, -0.15) is 4.31 Å². The SMILES string of the molecule is CC[C@H](C)[C@@H](NC(=O)CN1CCN(S(=O)(=O)c2ccc(C)cc2)CC1)C(=O)OC. The summed E-state index contributed by atoms with van der Waals surface area (Å²) in [7, 11) is -2.23. The molecule has 9 heteroatoms. The number of methoxy groups -OCH3 is 1. The Labute approximate surface area is 173 Å². The Hall–Kier alpha value is -1.97. The lowest BCUT2D eigenvalue weighted by Gasteiger charge is -2.34. The summed E-state index contributed by atoms with van der Waals surface area (Å²) in [5.74, 6) is -0.764. The number of carbonyl (C=O) groups is 2. The van der Waals surface area contributed by atoms with Crippen molar-refractivity contribution in [2.24, 2.45) is 5.92 Å². The molecule has 8 nitrogen and oxygen atoms in total. The number of benzene rings is 1. The van der Waals surface area contributed by atoms with Crippen LogP contribution < -0.4 is 5.32 Å². The second-order valence-corrected chi connectivity index (χ2v) is 9.39. The maximum atomic E-state index is 12.8. The summed E-state index contributed by atoms with van der Waals surface area (Å²) in [6, 6.07) is 6.12. The van der Waals surface area contributed by atoms with E-state index >= 15 is 0 Å². The van der Waals surface area contributed by atoms with E-state index in [0.717, 1.165) is 12.0 Å². The van der Waals surface area contributed by atoms with Crippen LogP contribution in [0.15, 0.2) is 29.2 Å². The Balaban J connectivity index is 1.91. The highest BCUT2D eigenvalue weighted by molar-refractivity contribution is 7.89. The summed E-state index contributed by atoms with van der Waals surface area (Å²) in [4.78, 5) is 26.5. The molecule has 29 heavy (non-hydrogen) atoms. The zero-order chi connectivity index (χ0) is 21.6. The summed E-state index contributed by atoms with van der Waals surface area (Å²) >= 11 is 0. The monoisotopic (exact) mass is 425 g/mol. The van der Waals surface area contributed by atoms with Gasteiger partial charge in [-0.25, -0.2) is 13.2 Å². The van der Waals surface area contributed by atoms with Crippen molar-refractivity contribution in [3.05, 3.63) is 29.8 Å². The van der Waals surface area contributed by atoms with Crippen molar-refractivity contribution < 1.29 is 22.7 Å². The van der Waals surface area contributed by atoms with Gasteiger partial charge in [0.05, 0.1) is 18.6 Å². The molecule has 1 aliphatic heterocycles. The molecule has 2 rings (SSSR count). The first-order valence-electron chi connectivity index (χ1n) is 9.85. The maximum Gasteiger partial charge on any atom is 0.328 e. The van der Waals surface area contributed by atoms with Gasteiger partial charge in [-0.15, -0.1) is 0 Å². The van der Waals surface area contributed by atoms with Crippen molar-refractivity contribution in [2.45, 2.75) is 38.1 Å². The van der Waals surface area contributed by atoms with Gasteiger partial charge in [0.15, 0.2) is 0 Å². The lowest BCUT2D eigenvalue weighted by Crippen LogP contribution is -2.53. The highest BCUT2D eigenvalue weighted by atomic mass is 32.2. The average Bonchev–Trinajstić information content (AvgIpc) is 2.71. The number of nitrogens with one attached hydrogen (secondary N) is 1. The molecule has 1 amide bonds. The molecule has 1 saturated heterocycles. The smallest absolute Gasteiger partial charge is 0.328 e. The molecule has 1 aromatic rings. The number of piperazine rings is 1. The van der Waals surface area contributed by atoms with Crippen molar-refractivity contribution in [3.8, 4) is 0 Å². The van der Waals surface area contributed by atoms with E-state index in [1.807, 2.05) is 25.7 Å². The van der Waals surface area contributed by atoms with Gasteiger partial charge >= 0.3 is 5.97 Å². The summed E-state index contributed by atoms with van der Waals surface area (Å²) < 4.78 is 31.8. The molecular weight excluding hydrogens is 394 g/mol. The van der Waals surface area contributed by atoms with Crippen LogP contribution in [-0.2, 0) is 24.3 Å². The molecule has 0 radical (unpaired) electrons. The van der Waals surface area contributed by atoms with Gasteiger partial charge < -0.3 is 10.1 Å². The molecule has 0 spiro atoms. The third kappa shape index (κ3) is 6.01. The van der Waals surface area contributed by atoms with Crippen molar-refractivity contribution in [1.29, 1.82) is 0 Å². The number of hydrogen-bond donors (Lipinski definition) is 1. The summed E-state index contributed by atoms with van der Waals surface area (Å²) in [5.41, 5.74) is 1.00. The fourth-order valence-corrected chi connectivity index (χ4v) is 4.63. The van der Waals surface area contributed by atoms with Crippen LogP contribution in [0.1, 0.15) is 25.8 Å². The normalized spacial score (nSPS) is 18.1. The molecule has 1 aliphatic rings. The zero-order valence-electron chi connectivity index (χ0n) is 17.6. The van der Waals surface area contributed by atoms with Crippen molar-refractivity contribution in [2.75, 3.05) is 39.8 Å². The third-order valence-electron chi connectivity index (χ3n) is 5.34. The van der Waals surface area contributed by atoms with E-state index < -0.39 is 22.0 Å². The van der Waals surface area contributed by atoms with E-state index in [1.54, 1.807) is 24.3 Å². The predicted molar refractivity (Wildman–Crippen MR) is 110 cm³/mol. The number of hydrogen-bond acceptors (Lipinski definition) is 6. The van der Waals surface area contributed by atoms with E-state index in [9.17, 15) is 18.0 Å². The van der Waals surface area contributed by atoms with Crippen LogP contribution in [0.5, 0.6) is 0 Å². The Morgan fingerprint density at radius 1 is 1.14 bits per heavy atom. The number of aryl methyl sites for hydroxylation is 1. The number of esters is 1. The van der Waals surface area contributed by atoms with Gasteiger partial charge in [0.25, 0.3) is 0 Å². The minimum Gasteiger partial charge on any atom is -0.467 e. The van der Waals surface area contributed by atoms with Gasteiger partial charge in [0.1, 0.15) is 6.04 Å². The number of amides is 1. The van der Waals surface area contributed by atoms with Gasteiger partial charge in [-0.3, -0.25) is 9.69 Å². The third-order valence-corrected chi connectivity index (χ3v) is 7.25. The minimum absolute atomic E-state index is 0.0390. The molecule has 0 unspecified atom stereocenters. The summed E-state index contributed by atoms with van der Waals surface area (Å²) in [6.07, 6.45) is 0.732. The van der Waals surface area contributed by atoms with Gasteiger partial charge in [-0.1, -0.05) is 38.0 Å². The second-order valence-electron chi connectivity index (χ2n) is 7.45. The highest BCUT2D eigenvalue weighted by Gasteiger charge is 2.31. The summed E-state index contributed by atoms with van der Waals surface area (Å²) in [6.45, 7) is 7.38. The number of sulfonamides is 1. The standard InChI is InChI=1S/C20H31N3O5S/c1-5-16(3)19(20(25)28-4)21-18(24)14-22-10-12-23(13-11-22)29(26,27)17-8-6-15(2)7-9-17/h6-9,16,19H,5,10-14H2,1-4H3,(H,21,24)/t16-,19+/m0/s1. The highest BCUT2D eigenvalue weighted by Crippen LogP contribution is 2.18. The molecule has 0 bridgehead atoms. The molecule has 1 heterocycles. The zero-order valence-corrected chi connectivity index (χ0v) is 18.4. The second kappa shape index (κ2) is 10.2. The number of rotatable bonds is 8. The average molecular weight is 426 g/mol. The molecule has 2 atom stereocenters. The first kappa shape index (κ1) is 23.3. The Morgan fingerprint density at radius 2 is 1.72 bits per heavy atom. The Bertz CT molecular complexity index is 802. The molecule has 1 aromatic carbocycles. The quantitative estimate of drug-likeness (QED) is 0.625. The lowest BCUT2D eigenvalue weighted by molar-refractivity contribution is -0.146. The fraction of sp³-hybridized carbons (Fsp3) is 0.600. The van der Waals surface area contributed by atoms with E-state index in [2.05, 4.69) is 5.32 Å². The molecule has 0 saturated carbocycles. The fourth-order valence-electron chi connectivity index (χ4n) is 3.21. The Kier molecular flexibility index (Phi) is 8.18. The van der Waals surface area contributed by atoms with Gasteiger partial charge in [0, 0.05) is 26.2 Å². The largest absolute Gasteiger partial charge is 0.467 e. The van der Waals surface area contributed by atoms with E-state index in [-0.39, 0.29) is 23.3 Å². The minimum atomic E-state index is -3.53. The lowest BCUT2D eigenvalue weighted by atomic mass is 9.99. The van der Waals surface area contributed by atoms with Crippen molar-refractivity contribution in [1.82, 2.24) is 14.5 Å². The molecular formula is C20H31N3O5S. The van der Waals surface area contributed by atoms with Crippen LogP contribution in [0.4, 0.5) is 0 Å². The number of carbonyl (C=O) groups excluding carboxylic acids is 2. The van der Waals surface area contributed by atoms with Gasteiger partial charge in [0.2, 0.25) is 15.9 Å². The maximum absolute atomic E-state index is 12.8. The first-order valence-corrected chi connectivity index (χ1v) is 11.3. The number of ether oxygens (including phenoxy) is 1. The topological polar surface area (TPSA) is 96.0 Å². The predicted octanol–water partition coefficient (Wildman–Crippen LogP) is 1.01. The number of nitrogens with zero attached hydrogens (tertiary/aromatic N) is 2. The van der Waals surface area contributed by atoms with E-state index in [0.29, 0.717) is 26.2 Å². The van der Waals surface area contributed by atoms with Crippen molar-refractivity contribution in [3.63, 3.8) is 0 Å². The van der Waals surface area contributed by atoms with Crippen LogP contribution in [-0.4, -0.2) is 75.4 Å². The van der Waals surface area contributed by atoms with Crippen LogP contribution in [0.3, 0.4) is 0 Å². The molecule has 0 aliphatic carbocycles. The van der Waals surface area contributed by atoms with Crippen molar-refractivity contribution >= 4 is 21.9 Å². The molecule has 1 N–H and O–H groups in total. The van der Waals surface area contributed by atoms with Crippen LogP contribution in [0.25, 0.3) is 0 Å². The van der Waals surface area contributed by atoms with Gasteiger partial charge in [-0.05, 0) is 25.0 Å².